The van der Waals surface area contributed by atoms with E-state index >= 15 is 0 Å². The van der Waals surface area contributed by atoms with E-state index in [2.05, 4.69) is 22.6 Å². The summed E-state index contributed by atoms with van der Waals surface area (Å²) in [6.07, 6.45) is 0.208. The number of thiol groups is 1. The Morgan fingerprint density at radius 2 is 1.89 bits per heavy atom. The van der Waals surface area contributed by atoms with Gasteiger partial charge in [0.2, 0.25) is 0 Å². The summed E-state index contributed by atoms with van der Waals surface area (Å²) in [5, 5.41) is 4.76. The van der Waals surface area contributed by atoms with Crippen molar-refractivity contribution in [2.24, 2.45) is 0 Å². The van der Waals surface area contributed by atoms with Crippen LogP contribution in [0.4, 0.5) is 9.18 Å². The van der Waals surface area contributed by atoms with E-state index in [1.807, 2.05) is 27.7 Å². The number of rotatable bonds is 1. The van der Waals surface area contributed by atoms with Crippen molar-refractivity contribution in [3.05, 3.63) is 44.0 Å². The van der Waals surface area contributed by atoms with Crippen molar-refractivity contribution in [2.75, 3.05) is 6.54 Å². The highest BCUT2D eigenvalue weighted by molar-refractivity contribution is 14.1. The minimum absolute atomic E-state index is 0.203. The fourth-order valence-electron chi connectivity index (χ4n) is 3.46. The molecule has 0 bridgehead atoms. The number of aromatic nitrogens is 2. The number of benzene rings is 1. The maximum absolute atomic E-state index is 14.1. The van der Waals surface area contributed by atoms with Crippen molar-refractivity contribution in [1.82, 2.24) is 14.7 Å². The lowest BCUT2D eigenvalue weighted by atomic mass is 10.0. The van der Waals surface area contributed by atoms with Crippen LogP contribution in [0.15, 0.2) is 12.1 Å². The Labute approximate surface area is 184 Å². The number of halogens is 2. The van der Waals surface area contributed by atoms with Gasteiger partial charge in [-0.05, 0) is 87.4 Å². The molecule has 0 spiro atoms. The van der Waals surface area contributed by atoms with Crippen molar-refractivity contribution in [3.63, 3.8) is 0 Å². The van der Waals surface area contributed by atoms with E-state index in [1.54, 1.807) is 35.6 Å². The third-order valence-electron chi connectivity index (χ3n) is 4.75. The lowest BCUT2D eigenvalue weighted by molar-refractivity contribution is 0.0117. The number of amides is 1. The van der Waals surface area contributed by atoms with Crippen LogP contribution in [0.3, 0.4) is 0 Å². The fourth-order valence-corrected chi connectivity index (χ4v) is 5.31. The Morgan fingerprint density at radius 1 is 1.32 bits per heavy atom. The van der Waals surface area contributed by atoms with Crippen molar-refractivity contribution in [1.29, 1.82) is 0 Å². The molecule has 2 heterocycles. The topological polar surface area (TPSA) is 47.4 Å². The zero-order valence-electron chi connectivity index (χ0n) is 16.9. The average Bonchev–Trinajstić information content (AvgIpc) is 2.88. The molecule has 1 aliphatic heterocycles. The van der Waals surface area contributed by atoms with Crippen LogP contribution >= 0.6 is 35.2 Å². The monoisotopic (exact) mass is 517 g/mol. The smallest absolute Gasteiger partial charge is 0.411 e. The first-order valence-corrected chi connectivity index (χ1v) is 10.6. The minimum Gasteiger partial charge on any atom is -0.444 e. The van der Waals surface area contributed by atoms with Gasteiger partial charge in [0.25, 0.3) is 0 Å². The van der Waals surface area contributed by atoms with Gasteiger partial charge in [-0.15, -0.1) is 12.6 Å². The van der Waals surface area contributed by atoms with E-state index in [0.717, 1.165) is 20.6 Å². The normalized spacial score (nSPS) is 19.5. The first-order chi connectivity index (χ1) is 12.8. The summed E-state index contributed by atoms with van der Waals surface area (Å²) in [6, 6.07) is 3.56. The predicted molar refractivity (Wildman–Crippen MR) is 119 cm³/mol. The van der Waals surface area contributed by atoms with Gasteiger partial charge in [-0.3, -0.25) is 4.90 Å². The number of aryl methyl sites for hydroxylation is 2. The Balaban J connectivity index is 2.05. The molecule has 152 valence electrons. The van der Waals surface area contributed by atoms with Crippen molar-refractivity contribution < 1.29 is 13.9 Å². The Bertz CT molecular complexity index is 927. The number of ether oxygens (including phenoxy) is 1. The summed E-state index contributed by atoms with van der Waals surface area (Å²) < 4.78 is 22.3. The highest BCUT2D eigenvalue weighted by atomic mass is 127. The Kier molecular flexibility index (Phi) is 5.50. The molecule has 5 nitrogen and oxygen atoms in total. The van der Waals surface area contributed by atoms with Gasteiger partial charge in [0.1, 0.15) is 20.0 Å². The SMILES string of the molecule is Cc1cc(-n2nc3c(c2I)[C@](C)(S)N(C(=O)OC(C)(C)C)CC3)cc(C)c1F. The van der Waals surface area contributed by atoms with Crippen LogP contribution in [0.1, 0.15) is 50.1 Å². The van der Waals surface area contributed by atoms with E-state index in [9.17, 15) is 9.18 Å². The first kappa shape index (κ1) is 21.4. The summed E-state index contributed by atoms with van der Waals surface area (Å²) in [6.45, 7) is 11.4. The molecule has 0 N–H and O–H groups in total. The van der Waals surface area contributed by atoms with Crippen molar-refractivity contribution in [3.8, 4) is 5.69 Å². The molecule has 3 rings (SSSR count). The standard InChI is InChI=1S/C20H25FIN3O2S/c1-11-9-13(10-12(2)16(11)21)25-17(22)15-14(23-25)7-8-24(20(15,6)28)18(26)27-19(3,4)5/h9-10,28H,7-8H2,1-6H3/t20-/m0/s1. The molecule has 0 radical (unpaired) electrons. The number of hydrogen-bond acceptors (Lipinski definition) is 4. The van der Waals surface area contributed by atoms with Gasteiger partial charge in [-0.25, -0.2) is 13.9 Å². The van der Waals surface area contributed by atoms with E-state index in [1.165, 1.54) is 0 Å². The maximum atomic E-state index is 14.1. The van der Waals surface area contributed by atoms with Crippen LogP contribution in [0.25, 0.3) is 5.69 Å². The highest BCUT2D eigenvalue weighted by Crippen LogP contribution is 2.42. The molecule has 28 heavy (non-hydrogen) atoms. The summed E-state index contributed by atoms with van der Waals surface area (Å²) in [4.78, 5) is 13.5. The molecule has 0 fully saturated rings. The molecule has 1 amide bonds. The molecule has 0 saturated carbocycles. The molecule has 1 aliphatic rings. The van der Waals surface area contributed by atoms with Gasteiger partial charge in [0.05, 0.1) is 11.4 Å². The Morgan fingerprint density at radius 3 is 2.43 bits per heavy atom. The fraction of sp³-hybridized carbons (Fsp3) is 0.500. The molecule has 8 heteroatoms. The number of fused-ring (bicyclic) bond motifs is 1. The molecular formula is C20H25FIN3O2S. The van der Waals surface area contributed by atoms with E-state index in [-0.39, 0.29) is 5.82 Å². The van der Waals surface area contributed by atoms with Gasteiger partial charge in [0.15, 0.2) is 0 Å². The van der Waals surface area contributed by atoms with Gasteiger partial charge >= 0.3 is 6.09 Å². The molecule has 0 aliphatic carbocycles. The number of hydrogen-bond donors (Lipinski definition) is 1. The lowest BCUT2D eigenvalue weighted by Crippen LogP contribution is -2.50. The second-order valence-corrected chi connectivity index (χ2v) is 10.2. The van der Waals surface area contributed by atoms with Crippen LogP contribution in [-0.2, 0) is 16.0 Å². The summed E-state index contributed by atoms with van der Waals surface area (Å²) >= 11 is 7.06. The molecular weight excluding hydrogens is 492 g/mol. The van der Waals surface area contributed by atoms with Crippen LogP contribution in [0.5, 0.6) is 0 Å². The average molecular weight is 517 g/mol. The van der Waals surface area contributed by atoms with Gasteiger partial charge in [-0.2, -0.15) is 5.10 Å². The predicted octanol–water partition coefficient (Wildman–Crippen LogP) is 5.13. The van der Waals surface area contributed by atoms with Crippen molar-refractivity contribution >= 4 is 41.3 Å². The lowest BCUT2D eigenvalue weighted by Gasteiger charge is -2.41. The molecule has 0 unspecified atom stereocenters. The number of carbonyl (C=O) groups excluding carboxylic acids is 1. The maximum Gasteiger partial charge on any atom is 0.411 e. The molecule has 2 aromatic rings. The van der Waals surface area contributed by atoms with Gasteiger partial charge in [0, 0.05) is 18.5 Å². The van der Waals surface area contributed by atoms with E-state index in [0.29, 0.717) is 24.1 Å². The van der Waals surface area contributed by atoms with E-state index < -0.39 is 16.6 Å². The second-order valence-electron chi connectivity index (χ2n) is 8.32. The van der Waals surface area contributed by atoms with Crippen LogP contribution in [-0.4, -0.2) is 32.9 Å². The molecule has 0 saturated heterocycles. The largest absolute Gasteiger partial charge is 0.444 e. The second kappa shape index (κ2) is 7.19. The summed E-state index contributed by atoms with van der Waals surface area (Å²) in [7, 11) is 0. The van der Waals surface area contributed by atoms with Crippen molar-refractivity contribution in [2.45, 2.75) is 58.4 Å². The minimum atomic E-state index is -0.866. The molecule has 1 aromatic heterocycles. The zero-order valence-corrected chi connectivity index (χ0v) is 20.0. The molecule has 1 atom stereocenters. The van der Waals surface area contributed by atoms with Crippen LogP contribution in [0.2, 0.25) is 0 Å². The first-order valence-electron chi connectivity index (χ1n) is 9.11. The quantitative estimate of drug-likeness (QED) is 0.422. The van der Waals surface area contributed by atoms with Crippen LogP contribution in [0, 0.1) is 23.4 Å². The van der Waals surface area contributed by atoms with Gasteiger partial charge in [-0.1, -0.05) is 0 Å². The number of nitrogens with zero attached hydrogens (tertiary/aromatic N) is 3. The van der Waals surface area contributed by atoms with Crippen LogP contribution < -0.4 is 0 Å². The highest BCUT2D eigenvalue weighted by Gasteiger charge is 2.44. The molecule has 1 aromatic carbocycles. The summed E-state index contributed by atoms with van der Waals surface area (Å²) in [5.41, 5.74) is 3.13. The number of carbonyl (C=O) groups is 1. The zero-order chi connectivity index (χ0) is 21.0. The van der Waals surface area contributed by atoms with E-state index in [4.69, 9.17) is 22.5 Å². The third-order valence-corrected chi connectivity index (χ3v) is 6.21. The Hall–Kier alpha value is -1.29. The third kappa shape index (κ3) is 3.77. The summed E-state index contributed by atoms with van der Waals surface area (Å²) in [5.74, 6) is -0.203. The van der Waals surface area contributed by atoms with Gasteiger partial charge < -0.3 is 4.74 Å².